The van der Waals surface area contributed by atoms with Crippen LogP contribution in [0.1, 0.15) is 16.8 Å². The minimum atomic E-state index is -4.53. The molecule has 0 bridgehead atoms. The number of rotatable bonds is 5. The Labute approximate surface area is 144 Å². The molecule has 1 fully saturated rings. The van der Waals surface area contributed by atoms with Crippen LogP contribution in [-0.2, 0) is 10.0 Å². The van der Waals surface area contributed by atoms with Crippen LogP contribution in [0.25, 0.3) is 0 Å². The van der Waals surface area contributed by atoms with Gasteiger partial charge in [-0.05, 0) is 38.7 Å². The summed E-state index contributed by atoms with van der Waals surface area (Å²) in [6.07, 6.45) is -3.84. The van der Waals surface area contributed by atoms with E-state index in [2.05, 4.69) is 0 Å². The van der Waals surface area contributed by atoms with E-state index in [4.69, 9.17) is 0 Å². The molecule has 1 aromatic rings. The van der Waals surface area contributed by atoms with E-state index in [-0.39, 0.29) is 16.5 Å². The van der Waals surface area contributed by atoms with Crippen molar-refractivity contribution in [3.63, 3.8) is 0 Å². The third kappa shape index (κ3) is 4.93. The van der Waals surface area contributed by atoms with Gasteiger partial charge in [0.15, 0.2) is 0 Å². The number of likely N-dealkylation sites (N-methyl/N-ethyl adjacent to an activating group) is 1. The highest BCUT2D eigenvalue weighted by Gasteiger charge is 2.34. The Morgan fingerprint density at radius 2 is 2.04 bits per heavy atom. The van der Waals surface area contributed by atoms with Gasteiger partial charge in [0.2, 0.25) is 10.0 Å². The van der Waals surface area contributed by atoms with Gasteiger partial charge in [-0.1, -0.05) is 6.07 Å². The molecule has 1 amide bonds. The van der Waals surface area contributed by atoms with E-state index in [1.807, 2.05) is 19.0 Å². The van der Waals surface area contributed by atoms with E-state index < -0.39 is 28.7 Å². The van der Waals surface area contributed by atoms with Crippen molar-refractivity contribution in [2.24, 2.45) is 0 Å². The number of carbonyl (C=O) groups excluding carboxylic acids is 1. The Hall–Kier alpha value is -1.65. The van der Waals surface area contributed by atoms with E-state index >= 15 is 0 Å². The molecule has 10 heteroatoms. The summed E-state index contributed by atoms with van der Waals surface area (Å²) in [5.74, 6) is -0.970. The number of hydrogen-bond acceptors (Lipinski definition) is 4. The predicted molar refractivity (Wildman–Crippen MR) is 85.7 cm³/mol. The summed E-state index contributed by atoms with van der Waals surface area (Å²) in [6, 6.07) is 5.16. The van der Waals surface area contributed by atoms with E-state index in [1.54, 1.807) is 5.32 Å². The zero-order chi connectivity index (χ0) is 18.8. The molecule has 6 nitrogen and oxygen atoms in total. The van der Waals surface area contributed by atoms with E-state index in [9.17, 15) is 26.4 Å². The van der Waals surface area contributed by atoms with Crippen LogP contribution in [0.4, 0.5) is 13.2 Å². The van der Waals surface area contributed by atoms with Gasteiger partial charge in [0.05, 0.1) is 4.90 Å². The smallest absolute Gasteiger partial charge is 0.343 e. The van der Waals surface area contributed by atoms with Crippen LogP contribution in [-0.4, -0.2) is 69.5 Å². The number of benzene rings is 1. The van der Waals surface area contributed by atoms with Crippen molar-refractivity contribution in [2.75, 3.05) is 33.7 Å². The van der Waals surface area contributed by atoms with Gasteiger partial charge in [-0.3, -0.25) is 4.79 Å². The highest BCUT2D eigenvalue weighted by atomic mass is 32.2. The SMILES string of the molecule is CN(C)[C@H]1CCN(S(=O)(=O)c2cccc(C(=O)NCC(F)(F)F)c2)C1. The maximum absolute atomic E-state index is 12.7. The Kier molecular flexibility index (Phi) is 5.75. The van der Waals surface area contributed by atoms with Crippen LogP contribution in [0.15, 0.2) is 29.2 Å². The lowest BCUT2D eigenvalue weighted by atomic mass is 10.2. The molecule has 1 aromatic carbocycles. The lowest BCUT2D eigenvalue weighted by Crippen LogP contribution is -2.35. The van der Waals surface area contributed by atoms with Crippen LogP contribution < -0.4 is 5.32 Å². The number of hydrogen-bond donors (Lipinski definition) is 1. The largest absolute Gasteiger partial charge is 0.405 e. The second-order valence-corrected chi connectivity index (χ2v) is 8.03. The Morgan fingerprint density at radius 1 is 1.36 bits per heavy atom. The van der Waals surface area contributed by atoms with Crippen LogP contribution >= 0.6 is 0 Å². The van der Waals surface area contributed by atoms with Crippen molar-refractivity contribution in [1.29, 1.82) is 0 Å². The number of nitrogens with zero attached hydrogens (tertiary/aromatic N) is 2. The quantitative estimate of drug-likeness (QED) is 0.837. The molecule has 0 saturated carbocycles. The third-order valence-corrected chi connectivity index (χ3v) is 5.90. The summed E-state index contributed by atoms with van der Waals surface area (Å²) in [5, 5.41) is 1.73. The lowest BCUT2D eigenvalue weighted by Gasteiger charge is -2.20. The van der Waals surface area contributed by atoms with Crippen molar-refractivity contribution in [1.82, 2.24) is 14.5 Å². The average molecular weight is 379 g/mol. The first kappa shape index (κ1) is 19.7. The monoisotopic (exact) mass is 379 g/mol. The standard InChI is InChI=1S/C15H20F3N3O3S/c1-20(2)12-6-7-21(9-12)25(23,24)13-5-3-4-11(8-13)14(22)19-10-15(16,17)18/h3-5,8,12H,6-7,9-10H2,1-2H3,(H,19,22)/t12-/m0/s1. The topological polar surface area (TPSA) is 69.7 Å². The fraction of sp³-hybridized carbons (Fsp3) is 0.533. The zero-order valence-corrected chi connectivity index (χ0v) is 14.7. The van der Waals surface area contributed by atoms with Gasteiger partial charge in [-0.15, -0.1) is 0 Å². The number of amides is 1. The molecule has 1 atom stereocenters. The molecule has 0 unspecified atom stereocenters. The van der Waals surface area contributed by atoms with Crippen molar-refractivity contribution < 1.29 is 26.4 Å². The summed E-state index contributed by atoms with van der Waals surface area (Å²) in [4.78, 5) is 13.6. The molecule has 0 aromatic heterocycles. The van der Waals surface area contributed by atoms with Gasteiger partial charge in [0, 0.05) is 24.7 Å². The second-order valence-electron chi connectivity index (χ2n) is 6.09. The molecule has 1 N–H and O–H groups in total. The van der Waals surface area contributed by atoms with Crippen LogP contribution in [0.3, 0.4) is 0 Å². The number of halogens is 3. The van der Waals surface area contributed by atoms with Gasteiger partial charge >= 0.3 is 6.18 Å². The summed E-state index contributed by atoms with van der Waals surface area (Å²) in [5.41, 5.74) is -0.131. The van der Waals surface area contributed by atoms with Crippen molar-refractivity contribution >= 4 is 15.9 Å². The minimum Gasteiger partial charge on any atom is -0.343 e. The Balaban J connectivity index is 2.16. The van der Waals surface area contributed by atoms with Crippen molar-refractivity contribution in [3.8, 4) is 0 Å². The van der Waals surface area contributed by atoms with Gasteiger partial charge in [0.25, 0.3) is 5.91 Å². The highest BCUT2D eigenvalue weighted by molar-refractivity contribution is 7.89. The van der Waals surface area contributed by atoms with Crippen LogP contribution in [0, 0.1) is 0 Å². The highest BCUT2D eigenvalue weighted by Crippen LogP contribution is 2.23. The molecule has 1 heterocycles. The molecule has 1 aliphatic heterocycles. The summed E-state index contributed by atoms with van der Waals surface area (Å²) in [6.45, 7) is -0.783. The number of sulfonamides is 1. The second kappa shape index (κ2) is 7.30. The fourth-order valence-electron chi connectivity index (χ4n) is 2.58. The molecule has 1 saturated heterocycles. The molecule has 0 aliphatic carbocycles. The van der Waals surface area contributed by atoms with E-state index in [0.29, 0.717) is 19.5 Å². The molecule has 0 radical (unpaired) electrons. The summed E-state index contributed by atoms with van der Waals surface area (Å²) >= 11 is 0. The third-order valence-electron chi connectivity index (χ3n) is 4.04. The molecule has 0 spiro atoms. The van der Waals surface area contributed by atoms with Gasteiger partial charge < -0.3 is 10.2 Å². The van der Waals surface area contributed by atoms with Crippen molar-refractivity contribution in [3.05, 3.63) is 29.8 Å². The number of carbonyl (C=O) groups is 1. The van der Waals surface area contributed by atoms with Crippen molar-refractivity contribution in [2.45, 2.75) is 23.5 Å². The minimum absolute atomic E-state index is 0.105. The predicted octanol–water partition coefficient (Wildman–Crippen LogP) is 1.30. The van der Waals surface area contributed by atoms with Gasteiger partial charge in [-0.2, -0.15) is 17.5 Å². The molecule has 2 rings (SSSR count). The Morgan fingerprint density at radius 3 is 2.60 bits per heavy atom. The molecule has 1 aliphatic rings. The first-order chi connectivity index (χ1) is 11.5. The zero-order valence-electron chi connectivity index (χ0n) is 13.9. The molecular formula is C15H20F3N3O3S. The fourth-order valence-corrected chi connectivity index (χ4v) is 4.12. The molecular weight excluding hydrogens is 359 g/mol. The first-order valence-electron chi connectivity index (χ1n) is 7.62. The van der Waals surface area contributed by atoms with Gasteiger partial charge in [-0.25, -0.2) is 8.42 Å². The maximum atomic E-state index is 12.7. The number of nitrogens with one attached hydrogen (secondary N) is 1. The van der Waals surface area contributed by atoms with Gasteiger partial charge in [0.1, 0.15) is 6.54 Å². The lowest BCUT2D eigenvalue weighted by molar-refractivity contribution is -0.123. The summed E-state index contributed by atoms with van der Waals surface area (Å²) in [7, 11) is -0.0652. The average Bonchev–Trinajstić information content (AvgIpc) is 3.03. The Bertz CT molecular complexity index is 735. The van der Waals surface area contributed by atoms with Crippen LogP contribution in [0.2, 0.25) is 0 Å². The maximum Gasteiger partial charge on any atom is 0.405 e. The van der Waals surface area contributed by atoms with E-state index in [0.717, 1.165) is 6.07 Å². The first-order valence-corrected chi connectivity index (χ1v) is 9.06. The molecule has 140 valence electrons. The summed E-state index contributed by atoms with van der Waals surface area (Å²) < 4.78 is 63.3. The van der Waals surface area contributed by atoms with Crippen LogP contribution in [0.5, 0.6) is 0 Å². The number of alkyl halides is 3. The molecule has 25 heavy (non-hydrogen) atoms. The van der Waals surface area contributed by atoms with E-state index in [1.165, 1.54) is 22.5 Å². The normalized spacial score (nSPS) is 19.4.